The summed E-state index contributed by atoms with van der Waals surface area (Å²) < 4.78 is 12.5. The molecular weight excluding hydrogens is 510 g/mol. The van der Waals surface area contributed by atoms with E-state index in [9.17, 15) is 15.2 Å². The molecule has 206 valence electrons. The molecule has 1 aliphatic rings. The minimum atomic E-state index is -1.01. The van der Waals surface area contributed by atoms with E-state index in [-0.39, 0.29) is 24.3 Å². The van der Waals surface area contributed by atoms with Crippen LogP contribution in [0.1, 0.15) is 26.3 Å². The Balaban J connectivity index is 1.35. The zero-order chi connectivity index (χ0) is 28.4. The van der Waals surface area contributed by atoms with Crippen LogP contribution in [0, 0.1) is 23.2 Å². The number of hydrogen-bond donors (Lipinski definition) is 2. The highest BCUT2D eigenvalue weighted by Crippen LogP contribution is 2.33. The summed E-state index contributed by atoms with van der Waals surface area (Å²) in [6.45, 7) is 6.72. The summed E-state index contributed by atoms with van der Waals surface area (Å²) in [6, 6.07) is 11.3. The Morgan fingerprint density at radius 2 is 2.02 bits per heavy atom. The SMILES string of the molecule is COc1ccc(NC(=O)[C@@H]2CN(c3ccc(-c4cc(OCC(C)(C)O)cn5ncc(C#N)c45)cn3)CC2C)cn1. The second-order valence-electron chi connectivity index (χ2n) is 10.6. The van der Waals surface area contributed by atoms with E-state index in [0.717, 1.165) is 16.9 Å². The van der Waals surface area contributed by atoms with Crippen LogP contribution in [0.2, 0.25) is 0 Å². The monoisotopic (exact) mass is 541 g/mol. The number of nitrogens with zero attached hydrogens (tertiary/aromatic N) is 6. The Kier molecular flexibility index (Phi) is 7.28. The molecule has 4 aromatic rings. The van der Waals surface area contributed by atoms with Crippen LogP contribution in [-0.4, -0.2) is 63.0 Å². The highest BCUT2D eigenvalue weighted by atomic mass is 16.5. The number of methoxy groups -OCH3 is 1. The molecule has 1 unspecified atom stereocenters. The van der Waals surface area contributed by atoms with Gasteiger partial charge in [-0.1, -0.05) is 6.92 Å². The summed E-state index contributed by atoms with van der Waals surface area (Å²) in [5.41, 5.74) is 2.22. The number of nitrogens with one attached hydrogen (secondary N) is 1. The Hall–Kier alpha value is -4.69. The van der Waals surface area contributed by atoms with Gasteiger partial charge in [-0.2, -0.15) is 10.4 Å². The van der Waals surface area contributed by atoms with Gasteiger partial charge in [0.1, 0.15) is 24.2 Å². The lowest BCUT2D eigenvalue weighted by Crippen LogP contribution is -2.28. The number of nitriles is 1. The molecule has 1 aliphatic heterocycles. The lowest BCUT2D eigenvalue weighted by Gasteiger charge is -2.19. The van der Waals surface area contributed by atoms with E-state index >= 15 is 0 Å². The van der Waals surface area contributed by atoms with Crippen LogP contribution in [0.5, 0.6) is 11.6 Å². The predicted molar refractivity (Wildman–Crippen MR) is 149 cm³/mol. The lowest BCUT2D eigenvalue weighted by molar-refractivity contribution is -0.120. The van der Waals surface area contributed by atoms with Crippen molar-refractivity contribution in [3.8, 4) is 28.8 Å². The van der Waals surface area contributed by atoms with Crippen molar-refractivity contribution in [1.82, 2.24) is 19.6 Å². The number of ether oxygens (including phenoxy) is 2. The first kappa shape index (κ1) is 26.9. The maximum absolute atomic E-state index is 13.0. The van der Waals surface area contributed by atoms with E-state index in [1.165, 1.54) is 6.20 Å². The summed E-state index contributed by atoms with van der Waals surface area (Å²) in [5.74, 6) is 1.61. The van der Waals surface area contributed by atoms with E-state index in [1.54, 1.807) is 56.2 Å². The van der Waals surface area contributed by atoms with E-state index in [1.807, 2.05) is 18.2 Å². The normalized spacial score (nSPS) is 17.1. The molecule has 1 amide bonds. The third-order valence-electron chi connectivity index (χ3n) is 6.84. The number of pyridine rings is 3. The van der Waals surface area contributed by atoms with Crippen molar-refractivity contribution in [2.75, 3.05) is 37.0 Å². The molecule has 5 rings (SSSR count). The Labute approximate surface area is 232 Å². The molecule has 0 radical (unpaired) electrons. The number of carbonyl (C=O) groups is 1. The van der Waals surface area contributed by atoms with Crippen molar-refractivity contribution in [3.63, 3.8) is 0 Å². The van der Waals surface area contributed by atoms with Crippen molar-refractivity contribution in [1.29, 1.82) is 5.26 Å². The number of fused-ring (bicyclic) bond motifs is 1. The molecule has 2 N–H and O–H groups in total. The van der Waals surface area contributed by atoms with E-state index in [2.05, 4.69) is 33.3 Å². The number of aromatic nitrogens is 4. The van der Waals surface area contributed by atoms with Crippen LogP contribution in [0.15, 0.2) is 55.1 Å². The largest absolute Gasteiger partial charge is 0.489 e. The van der Waals surface area contributed by atoms with E-state index < -0.39 is 5.60 Å². The standard InChI is InChI=1S/C29H31N7O4/c1-18-14-35(16-24(18)28(37)34-21-6-8-26(39-4)32-13-21)25-7-5-19(11-31-25)23-9-22(40-17-29(2,3)38)15-36-27(23)20(10-30)12-33-36/h5-9,11-13,15,18,24,38H,14,16-17H2,1-4H3,(H,34,37)/t18?,24-/m1/s1. The van der Waals surface area contributed by atoms with E-state index in [4.69, 9.17) is 14.5 Å². The Bertz CT molecular complexity index is 1550. The van der Waals surface area contributed by atoms with Gasteiger partial charge in [-0.05, 0) is 44.0 Å². The van der Waals surface area contributed by atoms with Crippen molar-refractivity contribution < 1.29 is 19.4 Å². The van der Waals surface area contributed by atoms with Gasteiger partial charge >= 0.3 is 0 Å². The quantitative estimate of drug-likeness (QED) is 0.343. The first-order chi connectivity index (χ1) is 19.1. The maximum Gasteiger partial charge on any atom is 0.229 e. The smallest absolute Gasteiger partial charge is 0.229 e. The van der Waals surface area contributed by atoms with Gasteiger partial charge in [0.15, 0.2) is 0 Å². The summed E-state index contributed by atoms with van der Waals surface area (Å²) in [4.78, 5) is 24.0. The number of anilines is 2. The van der Waals surface area contributed by atoms with Gasteiger partial charge in [-0.25, -0.2) is 14.5 Å². The fraction of sp³-hybridized carbons (Fsp3) is 0.345. The van der Waals surface area contributed by atoms with Gasteiger partial charge in [0.2, 0.25) is 11.8 Å². The molecule has 0 saturated carbocycles. The average molecular weight is 542 g/mol. The molecule has 1 saturated heterocycles. The number of carbonyl (C=O) groups excluding carboxylic acids is 1. The molecule has 4 aromatic heterocycles. The van der Waals surface area contributed by atoms with E-state index in [0.29, 0.717) is 41.5 Å². The van der Waals surface area contributed by atoms with Gasteiger partial charge in [-0.3, -0.25) is 4.79 Å². The fourth-order valence-corrected chi connectivity index (χ4v) is 4.78. The van der Waals surface area contributed by atoms with Gasteiger partial charge in [0, 0.05) is 36.5 Å². The Morgan fingerprint density at radius 3 is 2.67 bits per heavy atom. The summed E-state index contributed by atoms with van der Waals surface area (Å²) in [6.07, 6.45) is 6.53. The zero-order valence-corrected chi connectivity index (χ0v) is 22.8. The van der Waals surface area contributed by atoms with Gasteiger partial charge < -0.3 is 24.8 Å². The molecule has 0 aliphatic carbocycles. The zero-order valence-electron chi connectivity index (χ0n) is 22.8. The minimum Gasteiger partial charge on any atom is -0.489 e. The van der Waals surface area contributed by atoms with Crippen molar-refractivity contribution >= 4 is 22.9 Å². The maximum atomic E-state index is 13.0. The molecule has 0 aromatic carbocycles. The van der Waals surface area contributed by atoms with Crippen LogP contribution >= 0.6 is 0 Å². The van der Waals surface area contributed by atoms with Crippen LogP contribution in [-0.2, 0) is 4.79 Å². The topological polar surface area (TPSA) is 138 Å². The number of amides is 1. The lowest BCUT2D eigenvalue weighted by atomic mass is 9.97. The Morgan fingerprint density at radius 1 is 1.20 bits per heavy atom. The number of aliphatic hydroxyl groups is 1. The minimum absolute atomic E-state index is 0.0615. The molecule has 40 heavy (non-hydrogen) atoms. The molecule has 1 fully saturated rings. The molecule has 5 heterocycles. The van der Waals surface area contributed by atoms with Crippen molar-refractivity contribution in [3.05, 3.63) is 60.7 Å². The average Bonchev–Trinajstić information content (AvgIpc) is 3.55. The van der Waals surface area contributed by atoms with Gasteiger partial charge in [0.25, 0.3) is 0 Å². The number of hydrogen-bond acceptors (Lipinski definition) is 9. The predicted octanol–water partition coefficient (Wildman–Crippen LogP) is 3.53. The van der Waals surface area contributed by atoms with Gasteiger partial charge in [-0.15, -0.1) is 0 Å². The first-order valence-corrected chi connectivity index (χ1v) is 12.9. The second kappa shape index (κ2) is 10.8. The second-order valence-corrected chi connectivity index (χ2v) is 10.6. The number of rotatable bonds is 8. The third kappa shape index (κ3) is 5.67. The van der Waals surface area contributed by atoms with Crippen LogP contribution in [0.4, 0.5) is 11.5 Å². The van der Waals surface area contributed by atoms with Crippen LogP contribution in [0.3, 0.4) is 0 Å². The highest BCUT2D eigenvalue weighted by molar-refractivity contribution is 5.93. The third-order valence-corrected chi connectivity index (χ3v) is 6.84. The molecule has 0 spiro atoms. The summed E-state index contributed by atoms with van der Waals surface area (Å²) >= 11 is 0. The molecule has 11 nitrogen and oxygen atoms in total. The summed E-state index contributed by atoms with van der Waals surface area (Å²) in [5, 5.41) is 27.0. The van der Waals surface area contributed by atoms with Crippen LogP contribution < -0.4 is 19.7 Å². The first-order valence-electron chi connectivity index (χ1n) is 12.9. The molecule has 2 atom stereocenters. The molecular formula is C29H31N7O4. The molecule has 11 heteroatoms. The summed E-state index contributed by atoms with van der Waals surface area (Å²) in [7, 11) is 1.54. The fourth-order valence-electron chi connectivity index (χ4n) is 4.78. The van der Waals surface area contributed by atoms with Gasteiger partial charge in [0.05, 0.1) is 54.0 Å². The van der Waals surface area contributed by atoms with Crippen molar-refractivity contribution in [2.24, 2.45) is 11.8 Å². The molecule has 0 bridgehead atoms. The highest BCUT2D eigenvalue weighted by Gasteiger charge is 2.35. The van der Waals surface area contributed by atoms with Crippen molar-refractivity contribution in [2.45, 2.75) is 26.4 Å². The van der Waals surface area contributed by atoms with Crippen LogP contribution in [0.25, 0.3) is 16.6 Å².